The second-order valence-electron chi connectivity index (χ2n) is 18.1. The van der Waals surface area contributed by atoms with Crippen LogP contribution in [0.3, 0.4) is 0 Å². The fraction of sp³-hybridized carbons (Fsp3) is 0.935. The maximum absolute atomic E-state index is 12.7. The predicted molar refractivity (Wildman–Crippen MR) is 219 cm³/mol. The molecule has 0 saturated heterocycles. The lowest BCUT2D eigenvalue weighted by Crippen LogP contribution is -2.38. The van der Waals surface area contributed by atoms with Crippen molar-refractivity contribution in [3.63, 3.8) is 0 Å². The zero-order valence-corrected chi connectivity index (χ0v) is 35.9. The lowest BCUT2D eigenvalue weighted by molar-refractivity contribution is -0.157. The van der Waals surface area contributed by atoms with Crippen molar-refractivity contribution in [2.75, 3.05) is 27.2 Å². The number of unbranched alkanes of at least 4 members (excludes halogenated alkanes) is 12. The predicted octanol–water partition coefficient (Wildman–Crippen LogP) is 12.2. The van der Waals surface area contributed by atoms with E-state index in [1.54, 1.807) is 0 Å². The molecule has 0 radical (unpaired) electrons. The third kappa shape index (κ3) is 18.7. The standard InChI is InChI=1S/C46H85NO6/c1-8-10-18-25-38(26-19-11-9-2)33-36-51-42(48)29-22-16-12-14-20-27-40(52-43(49)31-24-35-47(6)7)28-21-15-13-17-23-30-44(50)53-41-37-39-32-34-46(41,5)45(39,3)4/h38-41H,8-37H2,1-7H3/t39-,40?,41+,46+/m1/s1. The molecule has 0 aliphatic heterocycles. The van der Waals surface area contributed by atoms with Crippen LogP contribution in [-0.2, 0) is 28.6 Å². The number of ether oxygens (including phenoxy) is 3. The number of rotatable bonds is 33. The van der Waals surface area contributed by atoms with Crippen LogP contribution in [0.15, 0.2) is 0 Å². The van der Waals surface area contributed by atoms with Crippen molar-refractivity contribution in [2.24, 2.45) is 22.7 Å². The van der Waals surface area contributed by atoms with Crippen LogP contribution in [0, 0.1) is 22.7 Å². The molecule has 2 saturated carbocycles. The number of hydrogen-bond donors (Lipinski definition) is 0. The normalized spacial score (nSPS) is 21.0. The van der Waals surface area contributed by atoms with Gasteiger partial charge in [0.15, 0.2) is 0 Å². The van der Waals surface area contributed by atoms with Gasteiger partial charge < -0.3 is 19.1 Å². The molecule has 0 spiro atoms. The quantitative estimate of drug-likeness (QED) is 0.0375. The Balaban J connectivity index is 1.59. The van der Waals surface area contributed by atoms with E-state index in [1.165, 1.54) is 64.2 Å². The fourth-order valence-corrected chi connectivity index (χ4v) is 9.13. The minimum atomic E-state index is -0.0742. The summed E-state index contributed by atoms with van der Waals surface area (Å²) in [4.78, 5) is 39.8. The van der Waals surface area contributed by atoms with Gasteiger partial charge in [-0.25, -0.2) is 0 Å². The summed E-state index contributed by atoms with van der Waals surface area (Å²) < 4.78 is 17.7. The van der Waals surface area contributed by atoms with Gasteiger partial charge >= 0.3 is 17.9 Å². The molecule has 2 fully saturated rings. The highest BCUT2D eigenvalue weighted by molar-refractivity contribution is 5.70. The van der Waals surface area contributed by atoms with Crippen molar-refractivity contribution in [3.8, 4) is 0 Å². The number of carbonyl (C=O) groups excluding carboxylic acids is 3. The van der Waals surface area contributed by atoms with Gasteiger partial charge in [0.2, 0.25) is 0 Å². The third-order valence-corrected chi connectivity index (χ3v) is 13.3. The first-order valence-electron chi connectivity index (χ1n) is 22.6. The zero-order chi connectivity index (χ0) is 39.0. The average molecular weight is 748 g/mol. The first kappa shape index (κ1) is 47.5. The van der Waals surface area contributed by atoms with E-state index in [0.29, 0.717) is 37.7 Å². The Hall–Kier alpha value is -1.63. The summed E-state index contributed by atoms with van der Waals surface area (Å²) in [5.74, 6) is 1.24. The van der Waals surface area contributed by atoms with Crippen molar-refractivity contribution in [1.29, 1.82) is 0 Å². The Morgan fingerprint density at radius 3 is 1.70 bits per heavy atom. The Bertz CT molecular complexity index is 987. The Kier molecular flexibility index (Phi) is 24.3. The van der Waals surface area contributed by atoms with E-state index in [1.807, 2.05) is 14.1 Å². The van der Waals surface area contributed by atoms with Gasteiger partial charge in [0, 0.05) is 24.7 Å². The number of nitrogens with zero attached hydrogens (tertiary/aromatic N) is 1. The number of fused-ring (bicyclic) bond motifs is 2. The van der Waals surface area contributed by atoms with Crippen molar-refractivity contribution in [3.05, 3.63) is 0 Å². The molecular formula is C46H85NO6. The van der Waals surface area contributed by atoms with Gasteiger partial charge in [0.25, 0.3) is 0 Å². The Morgan fingerprint density at radius 1 is 0.642 bits per heavy atom. The van der Waals surface area contributed by atoms with E-state index < -0.39 is 0 Å². The lowest BCUT2D eigenvalue weighted by Gasteiger charge is -2.38. The minimum absolute atomic E-state index is 0.0181. The first-order valence-corrected chi connectivity index (χ1v) is 22.6. The summed E-state index contributed by atoms with van der Waals surface area (Å²) >= 11 is 0. The van der Waals surface area contributed by atoms with Crippen LogP contribution in [0.1, 0.15) is 214 Å². The maximum atomic E-state index is 12.7. The maximum Gasteiger partial charge on any atom is 0.306 e. The van der Waals surface area contributed by atoms with Crippen molar-refractivity contribution >= 4 is 17.9 Å². The Labute approximate surface area is 327 Å². The molecule has 2 bridgehead atoms. The highest BCUT2D eigenvalue weighted by atomic mass is 16.5. The van der Waals surface area contributed by atoms with Gasteiger partial charge in [-0.3, -0.25) is 14.4 Å². The van der Waals surface area contributed by atoms with Crippen molar-refractivity contribution in [1.82, 2.24) is 4.90 Å². The first-order chi connectivity index (χ1) is 25.4. The van der Waals surface area contributed by atoms with Crippen LogP contribution < -0.4 is 0 Å². The number of hydrogen-bond acceptors (Lipinski definition) is 7. The topological polar surface area (TPSA) is 82.1 Å². The average Bonchev–Trinajstić information content (AvgIpc) is 3.44. The molecule has 2 rings (SSSR count). The number of carbonyl (C=O) groups is 3. The molecule has 53 heavy (non-hydrogen) atoms. The molecule has 0 heterocycles. The van der Waals surface area contributed by atoms with Gasteiger partial charge in [-0.05, 0) is 109 Å². The molecule has 7 heteroatoms. The van der Waals surface area contributed by atoms with Crippen LogP contribution in [0.4, 0.5) is 0 Å². The van der Waals surface area contributed by atoms with Gasteiger partial charge in [-0.15, -0.1) is 0 Å². The van der Waals surface area contributed by atoms with Gasteiger partial charge in [-0.1, -0.05) is 125 Å². The highest BCUT2D eigenvalue weighted by Gasteiger charge is 2.62. The summed E-state index contributed by atoms with van der Waals surface area (Å²) in [6.07, 6.45) is 29.2. The molecule has 2 aliphatic carbocycles. The van der Waals surface area contributed by atoms with Gasteiger partial charge in [0.05, 0.1) is 6.61 Å². The molecule has 7 nitrogen and oxygen atoms in total. The molecule has 4 atom stereocenters. The summed E-state index contributed by atoms with van der Waals surface area (Å²) in [6.45, 7) is 13.0. The van der Waals surface area contributed by atoms with Crippen LogP contribution in [0.5, 0.6) is 0 Å². The van der Waals surface area contributed by atoms with Crippen molar-refractivity contribution in [2.45, 2.75) is 227 Å². The lowest BCUT2D eigenvalue weighted by atomic mass is 9.70. The molecular weight excluding hydrogens is 663 g/mol. The molecule has 310 valence electrons. The van der Waals surface area contributed by atoms with Gasteiger partial charge in [0.1, 0.15) is 12.2 Å². The van der Waals surface area contributed by atoms with Crippen LogP contribution in [0.25, 0.3) is 0 Å². The third-order valence-electron chi connectivity index (χ3n) is 13.3. The largest absolute Gasteiger partial charge is 0.466 e. The highest BCUT2D eigenvalue weighted by Crippen LogP contribution is 2.66. The monoisotopic (exact) mass is 748 g/mol. The van der Waals surface area contributed by atoms with Crippen molar-refractivity contribution < 1.29 is 28.6 Å². The fourth-order valence-electron chi connectivity index (χ4n) is 9.13. The van der Waals surface area contributed by atoms with E-state index in [9.17, 15) is 14.4 Å². The minimum Gasteiger partial charge on any atom is -0.466 e. The zero-order valence-electron chi connectivity index (χ0n) is 35.9. The molecule has 1 unspecified atom stereocenters. The van der Waals surface area contributed by atoms with Crippen LogP contribution in [0.2, 0.25) is 0 Å². The summed E-state index contributed by atoms with van der Waals surface area (Å²) in [6, 6.07) is 0. The summed E-state index contributed by atoms with van der Waals surface area (Å²) in [7, 11) is 4.06. The van der Waals surface area contributed by atoms with E-state index in [4.69, 9.17) is 14.2 Å². The molecule has 2 aliphatic rings. The smallest absolute Gasteiger partial charge is 0.306 e. The van der Waals surface area contributed by atoms with Crippen LogP contribution in [-0.4, -0.2) is 62.3 Å². The molecule has 0 aromatic heterocycles. The van der Waals surface area contributed by atoms with E-state index in [-0.39, 0.29) is 40.9 Å². The Morgan fingerprint density at radius 2 is 1.17 bits per heavy atom. The van der Waals surface area contributed by atoms with Gasteiger partial charge in [-0.2, -0.15) is 0 Å². The van der Waals surface area contributed by atoms with Crippen LogP contribution >= 0.6 is 0 Å². The van der Waals surface area contributed by atoms with E-state index in [2.05, 4.69) is 39.5 Å². The molecule has 0 aromatic rings. The van der Waals surface area contributed by atoms with E-state index in [0.717, 1.165) is 103 Å². The van der Waals surface area contributed by atoms with E-state index >= 15 is 0 Å². The molecule has 0 amide bonds. The second-order valence-corrected chi connectivity index (χ2v) is 18.1. The summed E-state index contributed by atoms with van der Waals surface area (Å²) in [5.41, 5.74) is 0.387. The molecule has 0 N–H and O–H groups in total. The molecule has 0 aromatic carbocycles. The second kappa shape index (κ2) is 27.0. The summed E-state index contributed by atoms with van der Waals surface area (Å²) in [5, 5.41) is 0. The SMILES string of the molecule is CCCCCC(CCCCC)CCOC(=O)CCCCCCCC(CCCCCCCC(=O)O[C@H]1C[C@H]2CC[C@]1(C)C2(C)C)OC(=O)CCCN(C)C. The number of esters is 3.